The molecule has 11 heteroatoms. The monoisotopic (exact) mass is 594 g/mol. The van der Waals surface area contributed by atoms with Gasteiger partial charge < -0.3 is 9.84 Å². The van der Waals surface area contributed by atoms with Gasteiger partial charge >= 0.3 is 5.97 Å². The maximum absolute atomic E-state index is 12.4. The van der Waals surface area contributed by atoms with Gasteiger partial charge in [-0.1, -0.05) is 48.7 Å². The highest BCUT2D eigenvalue weighted by Gasteiger charge is 2.23. The second-order valence-electron chi connectivity index (χ2n) is 9.35. The largest absolute Gasteiger partial charge is 0.478 e. The number of rotatable bonds is 11. The molecule has 0 heterocycles. The van der Waals surface area contributed by atoms with Gasteiger partial charge in [0.25, 0.3) is 22.5 Å². The summed E-state index contributed by atoms with van der Waals surface area (Å²) < 4.78 is 53.2. The molecule has 0 fully saturated rings. The van der Waals surface area contributed by atoms with E-state index in [-0.39, 0.29) is 17.0 Å². The van der Waals surface area contributed by atoms with E-state index in [1.165, 1.54) is 22.5 Å². The molecule has 0 bridgehead atoms. The van der Waals surface area contributed by atoms with Crippen LogP contribution in [0.15, 0.2) is 84.9 Å². The Bertz CT molecular complexity index is 1590. The summed E-state index contributed by atoms with van der Waals surface area (Å²) in [5.74, 6) is -0.695. The number of anilines is 4. The van der Waals surface area contributed by atoms with Crippen LogP contribution in [-0.2, 0) is 29.0 Å². The van der Waals surface area contributed by atoms with E-state index < -0.39 is 28.5 Å². The van der Waals surface area contributed by atoms with Crippen molar-refractivity contribution in [3.63, 3.8) is 0 Å². The summed E-state index contributed by atoms with van der Waals surface area (Å²) >= 11 is -4.87. The Balaban J connectivity index is 1.70. The first kappa shape index (κ1) is 29.9. The van der Waals surface area contributed by atoms with Crippen LogP contribution in [0.5, 0.6) is 11.5 Å². The number of nitrogens with zero attached hydrogens (tertiary/aromatic N) is 2. The summed E-state index contributed by atoms with van der Waals surface area (Å²) in [7, 11) is 0. The average Bonchev–Trinajstić information content (AvgIpc) is 2.92. The smallest absolute Gasteiger partial charge is 0.337 e. The van der Waals surface area contributed by atoms with Crippen molar-refractivity contribution in [2.24, 2.45) is 0 Å². The number of carboxylic acid groups (broad SMARTS) is 1. The molecule has 0 spiro atoms. The molecule has 2 atom stereocenters. The van der Waals surface area contributed by atoms with Crippen molar-refractivity contribution >= 4 is 51.3 Å². The lowest BCUT2D eigenvalue weighted by Crippen LogP contribution is -2.21. The van der Waals surface area contributed by atoms with Crippen molar-refractivity contribution in [3.05, 3.63) is 107 Å². The lowest BCUT2D eigenvalue weighted by molar-refractivity contribution is 0.0697. The number of carbonyl (C=O) groups is 1. The minimum absolute atomic E-state index is 0.0238. The van der Waals surface area contributed by atoms with Gasteiger partial charge in [0, 0.05) is 0 Å². The minimum Gasteiger partial charge on any atom is -0.478 e. The highest BCUT2D eigenvalue weighted by atomic mass is 32.2. The van der Waals surface area contributed by atoms with E-state index in [4.69, 9.17) is 4.74 Å². The molecule has 2 unspecified atom stereocenters. The molecular formula is C30H30N2O7S2. The van der Waals surface area contributed by atoms with Gasteiger partial charge in [0.05, 0.1) is 28.3 Å². The molecule has 0 saturated heterocycles. The number of aromatic carboxylic acids is 1. The van der Waals surface area contributed by atoms with E-state index in [1.54, 1.807) is 54.6 Å². The van der Waals surface area contributed by atoms with Crippen molar-refractivity contribution < 1.29 is 32.2 Å². The maximum Gasteiger partial charge on any atom is 0.337 e. The first-order chi connectivity index (χ1) is 19.6. The minimum atomic E-state index is -2.54. The van der Waals surface area contributed by atoms with E-state index in [1.807, 2.05) is 32.9 Å². The Hall–Kier alpha value is -4.03. The lowest BCUT2D eigenvalue weighted by atomic mass is 10.1. The molecule has 3 N–H and O–H groups in total. The highest BCUT2D eigenvalue weighted by molar-refractivity contribution is 7.81. The molecule has 4 aromatic rings. The molecule has 4 aromatic carbocycles. The van der Waals surface area contributed by atoms with E-state index in [0.717, 1.165) is 27.4 Å². The van der Waals surface area contributed by atoms with Crippen LogP contribution in [0.2, 0.25) is 0 Å². The van der Waals surface area contributed by atoms with Crippen LogP contribution in [0.1, 0.15) is 40.4 Å². The first-order valence-electron chi connectivity index (χ1n) is 12.7. The normalized spacial score (nSPS) is 12.4. The van der Waals surface area contributed by atoms with Gasteiger partial charge in [-0.05, 0) is 86.5 Å². The molecule has 4 rings (SSSR count). The number of benzene rings is 4. The standard InChI is InChI=1S/C30H30N2O7S2/c1-4-5-22-18-25(14-16-28(22)31(40(35)36)23-10-6-20(2)7-11-23)39-26-15-17-29(27(19-26)30(33)34)32(41(37)38)24-12-8-21(3)9-13-24/h6-19H,4-5H2,1-3H3,(H,33,34)(H,35,36)(H,37,38). The number of hydrogen-bond acceptors (Lipinski definition) is 4. The summed E-state index contributed by atoms with van der Waals surface area (Å²) in [6.45, 7) is 5.80. The second kappa shape index (κ2) is 13.1. The number of aryl methyl sites for hydroxylation is 3. The highest BCUT2D eigenvalue weighted by Crippen LogP contribution is 2.37. The summed E-state index contributed by atoms with van der Waals surface area (Å²) in [6, 6.07) is 23.4. The summed E-state index contributed by atoms with van der Waals surface area (Å²) in [4.78, 5) is 12.2. The van der Waals surface area contributed by atoms with E-state index in [9.17, 15) is 27.4 Å². The topological polar surface area (TPSA) is 128 Å². The average molecular weight is 595 g/mol. The molecule has 0 saturated carbocycles. The van der Waals surface area contributed by atoms with Gasteiger partial charge in [0.2, 0.25) is 0 Å². The Morgan fingerprint density at radius 1 is 0.732 bits per heavy atom. The van der Waals surface area contributed by atoms with Gasteiger partial charge in [0.1, 0.15) is 11.5 Å². The van der Waals surface area contributed by atoms with Crippen LogP contribution < -0.4 is 13.3 Å². The zero-order chi connectivity index (χ0) is 29.7. The zero-order valence-electron chi connectivity index (χ0n) is 22.7. The van der Waals surface area contributed by atoms with Crippen LogP contribution in [0.3, 0.4) is 0 Å². The van der Waals surface area contributed by atoms with Crippen LogP contribution in [0, 0.1) is 13.8 Å². The molecule has 0 radical (unpaired) electrons. The summed E-state index contributed by atoms with van der Waals surface area (Å²) in [5.41, 5.74) is 3.99. The lowest BCUT2D eigenvalue weighted by Gasteiger charge is -2.24. The maximum atomic E-state index is 12.4. The Morgan fingerprint density at radius 3 is 1.66 bits per heavy atom. The number of hydrogen-bond donors (Lipinski definition) is 3. The molecule has 41 heavy (non-hydrogen) atoms. The van der Waals surface area contributed by atoms with Gasteiger partial charge in [0.15, 0.2) is 0 Å². The van der Waals surface area contributed by atoms with Crippen molar-refractivity contribution in [1.82, 2.24) is 0 Å². The first-order valence-corrected chi connectivity index (χ1v) is 14.9. The number of carboxylic acids is 1. The summed E-state index contributed by atoms with van der Waals surface area (Å²) in [5, 5.41) is 9.95. The Morgan fingerprint density at radius 2 is 1.20 bits per heavy atom. The van der Waals surface area contributed by atoms with E-state index >= 15 is 0 Å². The van der Waals surface area contributed by atoms with Crippen LogP contribution in [-0.4, -0.2) is 28.6 Å². The Kier molecular flexibility index (Phi) is 9.56. The third kappa shape index (κ3) is 7.01. The van der Waals surface area contributed by atoms with Crippen molar-refractivity contribution in [2.45, 2.75) is 33.6 Å². The molecule has 214 valence electrons. The number of ether oxygens (including phenoxy) is 1. The predicted molar refractivity (Wildman–Crippen MR) is 162 cm³/mol. The third-order valence-corrected chi connectivity index (χ3v) is 7.73. The van der Waals surface area contributed by atoms with Gasteiger partial charge in [-0.25, -0.2) is 21.8 Å². The SMILES string of the molecule is CCCc1cc(Oc2ccc(N(c3ccc(C)cc3)S(=O)O)c(C(=O)O)c2)ccc1N(c1ccc(C)cc1)S(=O)O. The summed E-state index contributed by atoms with van der Waals surface area (Å²) in [6.07, 6.45) is 1.36. The zero-order valence-corrected chi connectivity index (χ0v) is 24.3. The Labute approximate surface area is 243 Å². The fourth-order valence-electron chi connectivity index (χ4n) is 4.34. The molecule has 0 aliphatic heterocycles. The van der Waals surface area contributed by atoms with Crippen molar-refractivity contribution in [3.8, 4) is 11.5 Å². The van der Waals surface area contributed by atoms with Crippen LogP contribution >= 0.6 is 0 Å². The molecule has 9 nitrogen and oxygen atoms in total. The molecular weight excluding hydrogens is 564 g/mol. The molecule has 0 amide bonds. The fourth-order valence-corrected chi connectivity index (χ4v) is 5.62. The second-order valence-corrected chi connectivity index (χ2v) is 11.0. The quantitative estimate of drug-likeness (QED) is 0.156. The molecule has 0 aliphatic carbocycles. The van der Waals surface area contributed by atoms with Crippen molar-refractivity contribution in [1.29, 1.82) is 0 Å². The van der Waals surface area contributed by atoms with Crippen LogP contribution in [0.4, 0.5) is 22.7 Å². The molecule has 0 aliphatic rings. The predicted octanol–water partition coefficient (Wildman–Crippen LogP) is 7.30. The fraction of sp³-hybridized carbons (Fsp3) is 0.167. The van der Waals surface area contributed by atoms with Gasteiger partial charge in [-0.15, -0.1) is 0 Å². The van der Waals surface area contributed by atoms with Gasteiger partial charge in [-0.3, -0.25) is 9.11 Å². The van der Waals surface area contributed by atoms with Gasteiger partial charge in [-0.2, -0.15) is 0 Å². The third-order valence-electron chi connectivity index (χ3n) is 6.29. The molecule has 0 aromatic heterocycles. The van der Waals surface area contributed by atoms with Crippen molar-refractivity contribution in [2.75, 3.05) is 8.61 Å². The van der Waals surface area contributed by atoms with Crippen LogP contribution in [0.25, 0.3) is 0 Å². The van der Waals surface area contributed by atoms with E-state index in [0.29, 0.717) is 29.2 Å². The van der Waals surface area contributed by atoms with E-state index in [2.05, 4.69) is 0 Å².